The van der Waals surface area contributed by atoms with Crippen molar-refractivity contribution in [2.45, 2.75) is 19.4 Å². The van der Waals surface area contributed by atoms with Crippen molar-refractivity contribution in [3.63, 3.8) is 0 Å². The van der Waals surface area contributed by atoms with Crippen LogP contribution in [0.5, 0.6) is 0 Å². The molecule has 4 nitrogen and oxygen atoms in total. The fraction of sp³-hybridized carbons (Fsp3) is 0.400. The molecule has 0 spiro atoms. The highest BCUT2D eigenvalue weighted by atomic mass is 32.1. The third-order valence-electron chi connectivity index (χ3n) is 2.31. The average molecular weight is 223 g/mol. The summed E-state index contributed by atoms with van der Waals surface area (Å²) >= 11 is 1.62. The zero-order chi connectivity index (χ0) is 10.9. The molecule has 2 heterocycles. The van der Waals surface area contributed by atoms with Crippen molar-refractivity contribution in [3.05, 3.63) is 23.3 Å². The summed E-state index contributed by atoms with van der Waals surface area (Å²) in [4.78, 5) is 5.47. The fourth-order valence-corrected chi connectivity index (χ4v) is 1.80. The summed E-state index contributed by atoms with van der Waals surface area (Å²) in [7, 11) is 1.66. The van der Waals surface area contributed by atoms with E-state index in [0.717, 1.165) is 16.5 Å². The van der Waals surface area contributed by atoms with Crippen molar-refractivity contribution in [1.82, 2.24) is 15.2 Å². The molecule has 2 aromatic rings. The van der Waals surface area contributed by atoms with Gasteiger partial charge in [-0.05, 0) is 25.3 Å². The van der Waals surface area contributed by atoms with Gasteiger partial charge >= 0.3 is 0 Å². The molecular weight excluding hydrogens is 210 g/mol. The zero-order valence-corrected chi connectivity index (χ0v) is 9.76. The van der Waals surface area contributed by atoms with Crippen LogP contribution < -0.4 is 0 Å². The van der Waals surface area contributed by atoms with Crippen LogP contribution in [0.3, 0.4) is 0 Å². The Kier molecular flexibility index (Phi) is 2.58. The molecule has 0 unspecified atom stereocenters. The van der Waals surface area contributed by atoms with Gasteiger partial charge < -0.3 is 4.74 Å². The lowest BCUT2D eigenvalue weighted by atomic mass is 10.1. The second kappa shape index (κ2) is 3.75. The number of thiophene rings is 1. The molecule has 0 amide bonds. The molecule has 2 aromatic heterocycles. The molecule has 80 valence electrons. The minimum Gasteiger partial charge on any atom is -0.371 e. The van der Waals surface area contributed by atoms with Gasteiger partial charge in [-0.3, -0.25) is 5.10 Å². The lowest BCUT2D eigenvalue weighted by molar-refractivity contribution is 0.0118. The number of methoxy groups -OCH3 is 1. The lowest BCUT2D eigenvalue weighted by Gasteiger charge is -2.18. The summed E-state index contributed by atoms with van der Waals surface area (Å²) in [5.74, 6) is 1.47. The molecule has 0 atom stereocenters. The first-order chi connectivity index (χ1) is 7.13. The Bertz CT molecular complexity index is 433. The van der Waals surface area contributed by atoms with Crippen LogP contribution in [0.25, 0.3) is 10.7 Å². The largest absolute Gasteiger partial charge is 0.371 e. The van der Waals surface area contributed by atoms with E-state index in [1.54, 1.807) is 18.4 Å². The van der Waals surface area contributed by atoms with Gasteiger partial charge in [0.25, 0.3) is 0 Å². The highest BCUT2D eigenvalue weighted by Crippen LogP contribution is 2.25. The number of hydrogen-bond donors (Lipinski definition) is 1. The van der Waals surface area contributed by atoms with E-state index >= 15 is 0 Å². The summed E-state index contributed by atoms with van der Waals surface area (Å²) in [6.45, 7) is 3.90. The molecule has 0 saturated carbocycles. The maximum absolute atomic E-state index is 5.32. The Labute approximate surface area is 92.3 Å². The van der Waals surface area contributed by atoms with Gasteiger partial charge in [0.05, 0.1) is 4.88 Å². The van der Waals surface area contributed by atoms with E-state index in [1.807, 2.05) is 31.4 Å². The quantitative estimate of drug-likeness (QED) is 0.869. The predicted octanol–water partition coefficient (Wildman–Crippen LogP) is 2.41. The van der Waals surface area contributed by atoms with Crippen LogP contribution in [-0.2, 0) is 10.3 Å². The Morgan fingerprint density at radius 2 is 2.27 bits per heavy atom. The molecule has 5 heteroatoms. The van der Waals surface area contributed by atoms with Crippen LogP contribution >= 0.6 is 11.3 Å². The number of rotatable bonds is 3. The molecule has 0 saturated heterocycles. The Balaban J connectivity index is 2.33. The fourth-order valence-electron chi connectivity index (χ4n) is 1.14. The first-order valence-electron chi connectivity index (χ1n) is 4.65. The minimum atomic E-state index is -0.428. The Hall–Kier alpha value is -1.20. The number of nitrogens with one attached hydrogen (secondary N) is 1. The smallest absolute Gasteiger partial charge is 0.191 e. The Morgan fingerprint density at radius 1 is 1.47 bits per heavy atom. The number of ether oxygens (including phenoxy) is 1. The third kappa shape index (κ3) is 1.93. The zero-order valence-electron chi connectivity index (χ0n) is 8.94. The molecule has 0 aliphatic rings. The molecule has 0 bridgehead atoms. The van der Waals surface area contributed by atoms with Crippen molar-refractivity contribution < 1.29 is 4.74 Å². The minimum absolute atomic E-state index is 0.428. The van der Waals surface area contributed by atoms with Gasteiger partial charge in [0.1, 0.15) is 5.60 Å². The van der Waals surface area contributed by atoms with Crippen LogP contribution in [0.1, 0.15) is 19.7 Å². The number of aromatic amines is 1. The van der Waals surface area contributed by atoms with E-state index in [-0.39, 0.29) is 0 Å². The van der Waals surface area contributed by atoms with Crippen LogP contribution in [0.4, 0.5) is 0 Å². The van der Waals surface area contributed by atoms with Gasteiger partial charge in [0, 0.05) is 7.11 Å². The summed E-state index contributed by atoms with van der Waals surface area (Å²) in [6.07, 6.45) is 0. The number of H-pyrrole nitrogens is 1. The van der Waals surface area contributed by atoms with Gasteiger partial charge in [0.15, 0.2) is 11.6 Å². The first kappa shape index (κ1) is 10.3. The lowest BCUT2D eigenvalue weighted by Crippen LogP contribution is -2.21. The normalized spacial score (nSPS) is 11.9. The van der Waals surface area contributed by atoms with E-state index in [0.29, 0.717) is 0 Å². The molecule has 2 rings (SSSR count). The summed E-state index contributed by atoms with van der Waals surface area (Å²) < 4.78 is 5.32. The van der Waals surface area contributed by atoms with Crippen molar-refractivity contribution in [1.29, 1.82) is 0 Å². The van der Waals surface area contributed by atoms with E-state index < -0.39 is 5.60 Å². The van der Waals surface area contributed by atoms with Gasteiger partial charge in [-0.25, -0.2) is 4.98 Å². The second-order valence-corrected chi connectivity index (χ2v) is 4.65. The van der Waals surface area contributed by atoms with Crippen molar-refractivity contribution in [3.8, 4) is 10.7 Å². The Morgan fingerprint density at radius 3 is 2.87 bits per heavy atom. The van der Waals surface area contributed by atoms with Crippen LogP contribution in [0, 0.1) is 0 Å². The maximum atomic E-state index is 5.32. The average Bonchev–Trinajstić information content (AvgIpc) is 2.88. The summed E-state index contributed by atoms with van der Waals surface area (Å²) in [5.41, 5.74) is -0.428. The maximum Gasteiger partial charge on any atom is 0.191 e. The van der Waals surface area contributed by atoms with E-state index in [4.69, 9.17) is 4.74 Å². The number of hydrogen-bond acceptors (Lipinski definition) is 4. The molecular formula is C10H13N3OS. The molecule has 0 radical (unpaired) electrons. The van der Waals surface area contributed by atoms with Crippen molar-refractivity contribution >= 4 is 11.3 Å². The molecule has 1 N–H and O–H groups in total. The molecule has 0 aromatic carbocycles. The number of aromatic nitrogens is 3. The highest BCUT2D eigenvalue weighted by Gasteiger charge is 2.24. The SMILES string of the molecule is COC(C)(C)c1nc(-c2cccs2)n[nH]1. The van der Waals surface area contributed by atoms with Crippen LogP contribution in [-0.4, -0.2) is 22.3 Å². The summed E-state index contributed by atoms with van der Waals surface area (Å²) in [5, 5.41) is 9.08. The van der Waals surface area contributed by atoms with E-state index in [1.165, 1.54) is 0 Å². The third-order valence-corrected chi connectivity index (χ3v) is 3.17. The number of nitrogens with zero attached hydrogens (tertiary/aromatic N) is 2. The first-order valence-corrected chi connectivity index (χ1v) is 5.53. The molecule has 0 aliphatic heterocycles. The van der Waals surface area contributed by atoms with E-state index in [2.05, 4.69) is 15.2 Å². The topological polar surface area (TPSA) is 50.8 Å². The standard InChI is InChI=1S/C10H13N3OS/c1-10(2,14-3)9-11-8(12-13-9)7-5-4-6-15-7/h4-6H,1-3H3,(H,11,12,13). The second-order valence-electron chi connectivity index (χ2n) is 3.70. The van der Waals surface area contributed by atoms with Crippen molar-refractivity contribution in [2.24, 2.45) is 0 Å². The van der Waals surface area contributed by atoms with Gasteiger partial charge in [0.2, 0.25) is 0 Å². The van der Waals surface area contributed by atoms with Crippen molar-refractivity contribution in [2.75, 3.05) is 7.11 Å². The molecule has 0 fully saturated rings. The van der Waals surface area contributed by atoms with Gasteiger partial charge in [-0.15, -0.1) is 11.3 Å². The van der Waals surface area contributed by atoms with Crippen LogP contribution in [0.2, 0.25) is 0 Å². The summed E-state index contributed by atoms with van der Waals surface area (Å²) in [6, 6.07) is 3.98. The predicted molar refractivity (Wildman–Crippen MR) is 59.7 cm³/mol. The monoisotopic (exact) mass is 223 g/mol. The highest BCUT2D eigenvalue weighted by molar-refractivity contribution is 7.13. The van der Waals surface area contributed by atoms with Gasteiger partial charge in [-0.2, -0.15) is 5.10 Å². The van der Waals surface area contributed by atoms with E-state index in [9.17, 15) is 0 Å². The van der Waals surface area contributed by atoms with Crippen LogP contribution in [0.15, 0.2) is 17.5 Å². The molecule has 15 heavy (non-hydrogen) atoms. The van der Waals surface area contributed by atoms with Gasteiger partial charge in [-0.1, -0.05) is 6.07 Å². The molecule has 0 aliphatic carbocycles.